The van der Waals surface area contributed by atoms with Crippen LogP contribution in [-0.4, -0.2) is 47.0 Å². The van der Waals surface area contributed by atoms with E-state index in [1.54, 1.807) is 13.8 Å². The largest absolute Gasteiger partial charge is 0.409 e. The highest BCUT2D eigenvalue weighted by Crippen LogP contribution is 2.09. The lowest BCUT2D eigenvalue weighted by atomic mass is 10.2. The van der Waals surface area contributed by atoms with E-state index in [9.17, 15) is 4.79 Å². The number of nitrogens with zero attached hydrogens (tertiary/aromatic N) is 2. The molecule has 1 heterocycles. The van der Waals surface area contributed by atoms with Gasteiger partial charge in [-0.3, -0.25) is 10.1 Å². The highest BCUT2D eigenvalue weighted by Gasteiger charge is 2.24. The number of nitrogens with one attached hydrogen (secondary N) is 1. The molecule has 1 rings (SSSR count). The summed E-state index contributed by atoms with van der Waals surface area (Å²) in [6.07, 6.45) is 2.16. The zero-order chi connectivity index (χ0) is 12.1. The maximum absolute atomic E-state index is 11.9. The molecule has 1 fully saturated rings. The number of hydrogen-bond donors (Lipinski definition) is 3. The fourth-order valence-corrected chi connectivity index (χ4v) is 1.83. The molecule has 1 aliphatic rings. The molecule has 0 radical (unpaired) electrons. The Kier molecular flexibility index (Phi) is 4.54. The second-order valence-corrected chi connectivity index (χ2v) is 4.17. The summed E-state index contributed by atoms with van der Waals surface area (Å²) in [5, 5.41) is 14.4. The third-order valence-corrected chi connectivity index (χ3v) is 2.85. The van der Waals surface area contributed by atoms with Gasteiger partial charge in [-0.25, -0.2) is 0 Å². The van der Waals surface area contributed by atoms with E-state index in [1.165, 1.54) is 0 Å². The summed E-state index contributed by atoms with van der Waals surface area (Å²) in [6, 6.07) is -0.625. The van der Waals surface area contributed by atoms with Crippen LogP contribution in [0.1, 0.15) is 26.7 Å². The Labute approximate surface area is 95.5 Å². The molecule has 0 aromatic carbocycles. The van der Waals surface area contributed by atoms with Crippen LogP contribution in [0.2, 0.25) is 0 Å². The highest BCUT2D eigenvalue weighted by atomic mass is 16.4. The average molecular weight is 228 g/mol. The number of carbonyl (C=O) groups excluding carboxylic acids is 1. The van der Waals surface area contributed by atoms with Crippen molar-refractivity contribution in [2.75, 3.05) is 13.1 Å². The summed E-state index contributed by atoms with van der Waals surface area (Å²) in [7, 11) is 0. The molecule has 4 N–H and O–H groups in total. The molecule has 6 heteroatoms. The Morgan fingerprint density at radius 3 is 2.44 bits per heavy atom. The molecule has 92 valence electrons. The van der Waals surface area contributed by atoms with Crippen molar-refractivity contribution in [2.24, 2.45) is 10.9 Å². The molecule has 1 amide bonds. The van der Waals surface area contributed by atoms with Gasteiger partial charge in [0.25, 0.3) is 0 Å². The van der Waals surface area contributed by atoms with E-state index in [-0.39, 0.29) is 23.8 Å². The highest BCUT2D eigenvalue weighted by molar-refractivity contribution is 5.87. The van der Waals surface area contributed by atoms with Gasteiger partial charge in [0, 0.05) is 13.1 Å². The van der Waals surface area contributed by atoms with Crippen molar-refractivity contribution < 1.29 is 10.0 Å². The van der Waals surface area contributed by atoms with Crippen LogP contribution in [0.4, 0.5) is 0 Å². The third-order valence-electron chi connectivity index (χ3n) is 2.85. The van der Waals surface area contributed by atoms with E-state index in [4.69, 9.17) is 10.9 Å². The molecule has 0 bridgehead atoms. The van der Waals surface area contributed by atoms with Gasteiger partial charge in [0.1, 0.15) is 0 Å². The number of likely N-dealkylation sites (tertiary alicyclic amines) is 1. The second kappa shape index (κ2) is 5.69. The molecule has 1 saturated heterocycles. The summed E-state index contributed by atoms with van der Waals surface area (Å²) >= 11 is 0. The van der Waals surface area contributed by atoms with Gasteiger partial charge in [-0.1, -0.05) is 5.16 Å². The molecule has 0 aromatic heterocycles. The number of amidine groups is 1. The summed E-state index contributed by atoms with van der Waals surface area (Å²) in [5.41, 5.74) is 5.43. The number of oxime groups is 1. The van der Waals surface area contributed by atoms with Gasteiger partial charge in [-0.15, -0.1) is 0 Å². The molecule has 0 saturated carbocycles. The van der Waals surface area contributed by atoms with Gasteiger partial charge in [0.05, 0.1) is 12.1 Å². The Hall–Kier alpha value is -1.30. The van der Waals surface area contributed by atoms with Crippen LogP contribution >= 0.6 is 0 Å². The zero-order valence-electron chi connectivity index (χ0n) is 9.81. The summed E-state index contributed by atoms with van der Waals surface area (Å²) in [6.45, 7) is 5.22. The average Bonchev–Trinajstić information content (AvgIpc) is 2.79. The summed E-state index contributed by atoms with van der Waals surface area (Å²) in [4.78, 5) is 13.8. The SMILES string of the molecule is CC(NC(C)C(N)=NO)C(=O)N1CCCC1. The van der Waals surface area contributed by atoms with Crippen LogP contribution in [0, 0.1) is 0 Å². The molecule has 16 heavy (non-hydrogen) atoms. The van der Waals surface area contributed by atoms with Crippen LogP contribution in [0.5, 0.6) is 0 Å². The van der Waals surface area contributed by atoms with Crippen LogP contribution in [0.15, 0.2) is 5.16 Å². The minimum atomic E-state index is -0.313. The Bertz CT molecular complexity index is 274. The van der Waals surface area contributed by atoms with Crippen LogP contribution in [0.25, 0.3) is 0 Å². The molecule has 0 aromatic rings. The minimum Gasteiger partial charge on any atom is -0.409 e. The minimum absolute atomic E-state index is 0.0788. The predicted molar refractivity (Wildman–Crippen MR) is 61.3 cm³/mol. The topological polar surface area (TPSA) is 91.0 Å². The van der Waals surface area contributed by atoms with Gasteiger partial charge in [0.2, 0.25) is 5.91 Å². The maximum atomic E-state index is 11.9. The normalized spacial score (nSPS) is 20.9. The molecule has 2 atom stereocenters. The van der Waals surface area contributed by atoms with Crippen molar-refractivity contribution in [1.29, 1.82) is 0 Å². The van der Waals surface area contributed by atoms with Crippen molar-refractivity contribution in [3.63, 3.8) is 0 Å². The standard InChI is InChI=1S/C10H20N4O2/c1-7(9(11)13-16)12-8(2)10(15)14-5-3-4-6-14/h7-8,12,16H,3-6H2,1-2H3,(H2,11,13). The van der Waals surface area contributed by atoms with Gasteiger partial charge >= 0.3 is 0 Å². The first-order valence-electron chi connectivity index (χ1n) is 5.58. The van der Waals surface area contributed by atoms with Gasteiger partial charge < -0.3 is 15.8 Å². The third kappa shape index (κ3) is 3.10. The van der Waals surface area contributed by atoms with Gasteiger partial charge in [0.15, 0.2) is 5.84 Å². The zero-order valence-corrected chi connectivity index (χ0v) is 9.81. The molecule has 1 aliphatic heterocycles. The quantitative estimate of drug-likeness (QED) is 0.267. The van der Waals surface area contributed by atoms with E-state index in [1.807, 2.05) is 4.90 Å². The lowest BCUT2D eigenvalue weighted by molar-refractivity contribution is -0.132. The number of carbonyl (C=O) groups is 1. The van der Waals surface area contributed by atoms with E-state index in [0.29, 0.717) is 0 Å². The number of rotatable bonds is 4. The molecule has 6 nitrogen and oxygen atoms in total. The van der Waals surface area contributed by atoms with Crippen LogP contribution < -0.4 is 11.1 Å². The fourth-order valence-electron chi connectivity index (χ4n) is 1.83. The van der Waals surface area contributed by atoms with Crippen LogP contribution in [-0.2, 0) is 4.79 Å². The lowest BCUT2D eigenvalue weighted by Crippen LogP contribution is -2.50. The molecule has 0 spiro atoms. The first-order valence-corrected chi connectivity index (χ1v) is 5.58. The Morgan fingerprint density at radius 1 is 1.38 bits per heavy atom. The van der Waals surface area contributed by atoms with Crippen molar-refractivity contribution in [1.82, 2.24) is 10.2 Å². The van der Waals surface area contributed by atoms with Gasteiger partial charge in [-0.05, 0) is 26.7 Å². The summed E-state index contributed by atoms with van der Waals surface area (Å²) in [5.74, 6) is 0.163. The summed E-state index contributed by atoms with van der Waals surface area (Å²) < 4.78 is 0. The first-order chi connectivity index (χ1) is 7.56. The smallest absolute Gasteiger partial charge is 0.239 e. The van der Waals surface area contributed by atoms with E-state index >= 15 is 0 Å². The van der Waals surface area contributed by atoms with E-state index in [0.717, 1.165) is 25.9 Å². The van der Waals surface area contributed by atoms with Crippen molar-refractivity contribution in [3.8, 4) is 0 Å². The lowest BCUT2D eigenvalue weighted by Gasteiger charge is -2.23. The second-order valence-electron chi connectivity index (χ2n) is 4.17. The van der Waals surface area contributed by atoms with Crippen molar-refractivity contribution in [3.05, 3.63) is 0 Å². The monoisotopic (exact) mass is 228 g/mol. The molecule has 0 aliphatic carbocycles. The fraction of sp³-hybridized carbons (Fsp3) is 0.800. The molecule has 2 unspecified atom stereocenters. The number of nitrogens with two attached hydrogens (primary N) is 1. The molecular formula is C10H20N4O2. The van der Waals surface area contributed by atoms with E-state index < -0.39 is 0 Å². The number of hydrogen-bond acceptors (Lipinski definition) is 4. The Balaban J connectivity index is 2.44. The van der Waals surface area contributed by atoms with Crippen molar-refractivity contribution >= 4 is 11.7 Å². The first kappa shape index (κ1) is 12.8. The van der Waals surface area contributed by atoms with Crippen LogP contribution in [0.3, 0.4) is 0 Å². The molecular weight excluding hydrogens is 208 g/mol. The van der Waals surface area contributed by atoms with E-state index in [2.05, 4.69) is 10.5 Å². The maximum Gasteiger partial charge on any atom is 0.239 e. The van der Waals surface area contributed by atoms with Crippen molar-refractivity contribution in [2.45, 2.75) is 38.8 Å². The Morgan fingerprint density at radius 2 is 1.94 bits per heavy atom. The number of amides is 1. The van der Waals surface area contributed by atoms with Gasteiger partial charge in [-0.2, -0.15) is 0 Å². The predicted octanol–water partition coefficient (Wildman–Crippen LogP) is -0.278.